The van der Waals surface area contributed by atoms with Crippen LogP contribution >= 0.6 is 0 Å². The highest BCUT2D eigenvalue weighted by Crippen LogP contribution is 2.25. The number of halogens is 1. The summed E-state index contributed by atoms with van der Waals surface area (Å²) < 4.78 is 15.3. The molecule has 3 N–H and O–H groups in total. The lowest BCUT2D eigenvalue weighted by Gasteiger charge is -2.06. The molecule has 29 heavy (non-hydrogen) atoms. The van der Waals surface area contributed by atoms with E-state index in [2.05, 4.69) is 26.8 Å². The number of aliphatic hydroxyl groups excluding tert-OH is 1. The Bertz CT molecular complexity index is 1290. The summed E-state index contributed by atoms with van der Waals surface area (Å²) in [4.78, 5) is 13.1. The number of hydrogen-bond acceptors (Lipinski definition) is 5. The summed E-state index contributed by atoms with van der Waals surface area (Å²) in [6.45, 7) is 1.91. The minimum atomic E-state index is -0.967. The van der Waals surface area contributed by atoms with Gasteiger partial charge in [0.1, 0.15) is 17.7 Å². The summed E-state index contributed by atoms with van der Waals surface area (Å²) in [6, 6.07) is 13.6. The Hall–Kier alpha value is -3.76. The Kier molecular flexibility index (Phi) is 4.71. The van der Waals surface area contributed by atoms with Crippen LogP contribution in [0.4, 0.5) is 10.2 Å². The van der Waals surface area contributed by atoms with Gasteiger partial charge in [0, 0.05) is 12.6 Å². The molecule has 7 heteroatoms. The third-order valence-electron chi connectivity index (χ3n) is 4.63. The Balaban J connectivity index is 1.75. The van der Waals surface area contributed by atoms with Crippen molar-refractivity contribution in [3.8, 4) is 23.2 Å². The van der Waals surface area contributed by atoms with E-state index in [1.165, 1.54) is 12.1 Å². The molecule has 4 rings (SSSR count). The lowest BCUT2D eigenvalue weighted by atomic mass is 10.0. The van der Waals surface area contributed by atoms with E-state index in [1.54, 1.807) is 23.7 Å². The normalized spacial score (nSPS) is 11.9. The van der Waals surface area contributed by atoms with Crippen LogP contribution in [0, 0.1) is 24.6 Å². The van der Waals surface area contributed by atoms with Crippen LogP contribution in [0.3, 0.4) is 0 Å². The summed E-state index contributed by atoms with van der Waals surface area (Å²) in [6.07, 6.45) is -0.967. The molecule has 4 aromatic rings. The predicted molar refractivity (Wildman–Crippen MR) is 109 cm³/mol. The third-order valence-corrected chi connectivity index (χ3v) is 4.63. The fourth-order valence-corrected chi connectivity index (χ4v) is 3.13. The minimum absolute atomic E-state index is 0.169. The molecule has 0 aliphatic rings. The zero-order chi connectivity index (χ0) is 20.5. The highest BCUT2D eigenvalue weighted by atomic mass is 19.1. The van der Waals surface area contributed by atoms with Gasteiger partial charge in [0.2, 0.25) is 5.82 Å². The van der Waals surface area contributed by atoms with Crippen molar-refractivity contribution >= 4 is 17.0 Å². The van der Waals surface area contributed by atoms with Gasteiger partial charge in [-0.2, -0.15) is 0 Å². The van der Waals surface area contributed by atoms with Gasteiger partial charge in [0.15, 0.2) is 17.0 Å². The molecule has 0 radical (unpaired) electrons. The molecule has 0 amide bonds. The van der Waals surface area contributed by atoms with Gasteiger partial charge in [-0.15, -0.1) is 0 Å². The topological polar surface area (TPSA) is 89.9 Å². The quantitative estimate of drug-likeness (QED) is 0.516. The second kappa shape index (κ2) is 7.34. The van der Waals surface area contributed by atoms with Gasteiger partial charge in [0.05, 0.1) is 0 Å². The van der Waals surface area contributed by atoms with Crippen LogP contribution in [0.25, 0.3) is 22.6 Å². The van der Waals surface area contributed by atoms with Gasteiger partial charge in [0.25, 0.3) is 0 Å². The summed E-state index contributed by atoms with van der Waals surface area (Å²) >= 11 is 0. The van der Waals surface area contributed by atoms with Crippen LogP contribution in [-0.2, 0) is 7.05 Å². The van der Waals surface area contributed by atoms with E-state index >= 15 is 0 Å². The molecule has 0 fully saturated rings. The molecule has 0 aliphatic heterocycles. The van der Waals surface area contributed by atoms with E-state index in [1.807, 2.05) is 31.2 Å². The maximum atomic E-state index is 13.6. The van der Waals surface area contributed by atoms with Crippen molar-refractivity contribution in [2.45, 2.75) is 13.0 Å². The molecule has 0 spiro atoms. The number of anilines is 1. The fraction of sp³-hybridized carbons (Fsp3) is 0.136. The van der Waals surface area contributed by atoms with E-state index < -0.39 is 6.10 Å². The number of rotatable bonds is 2. The number of aliphatic hydroxyl groups is 1. The number of nitrogens with two attached hydrogens (primary N) is 1. The highest BCUT2D eigenvalue weighted by molar-refractivity contribution is 5.85. The van der Waals surface area contributed by atoms with E-state index in [0.29, 0.717) is 22.6 Å². The number of aromatic nitrogens is 4. The zero-order valence-corrected chi connectivity index (χ0v) is 15.9. The van der Waals surface area contributed by atoms with E-state index in [0.717, 1.165) is 11.1 Å². The van der Waals surface area contributed by atoms with Crippen molar-refractivity contribution < 1.29 is 9.50 Å². The molecule has 0 saturated carbocycles. The molecule has 144 valence electrons. The lowest BCUT2D eigenvalue weighted by Crippen LogP contribution is -2.01. The summed E-state index contributed by atoms with van der Waals surface area (Å²) in [5.74, 6) is 6.05. The number of benzene rings is 2. The summed E-state index contributed by atoms with van der Waals surface area (Å²) in [7, 11) is 1.77. The van der Waals surface area contributed by atoms with E-state index in [4.69, 9.17) is 5.73 Å². The summed E-state index contributed by atoms with van der Waals surface area (Å²) in [5.41, 5.74) is 9.22. The largest absolute Gasteiger partial charge is 0.382 e. The minimum Gasteiger partial charge on any atom is -0.382 e. The number of nitrogens with zero attached hydrogens (tertiary/aromatic N) is 4. The first-order valence-electron chi connectivity index (χ1n) is 8.95. The summed E-state index contributed by atoms with van der Waals surface area (Å²) in [5, 5.41) is 10.4. The molecule has 2 aromatic carbocycles. The van der Waals surface area contributed by atoms with Gasteiger partial charge in [-0.25, -0.2) is 19.3 Å². The van der Waals surface area contributed by atoms with Gasteiger partial charge < -0.3 is 15.4 Å². The molecule has 0 saturated heterocycles. The molecular weight excluding hydrogens is 369 g/mol. The van der Waals surface area contributed by atoms with Gasteiger partial charge >= 0.3 is 0 Å². The zero-order valence-electron chi connectivity index (χ0n) is 15.9. The fourth-order valence-electron chi connectivity index (χ4n) is 3.13. The predicted octanol–water partition coefficient (Wildman–Crippen LogP) is 3.15. The first kappa shape index (κ1) is 18.6. The number of aryl methyl sites for hydroxylation is 2. The van der Waals surface area contributed by atoms with Crippen LogP contribution in [-0.4, -0.2) is 24.6 Å². The number of hydrogen-bond donors (Lipinski definition) is 2. The SMILES string of the molecule is Cc1ccccc1C(O)C#Cc1nc(N)c2nc(-c3cccc(F)c3)n(C)c2n1. The molecule has 0 bridgehead atoms. The van der Waals surface area contributed by atoms with Crippen molar-refractivity contribution in [1.29, 1.82) is 0 Å². The Morgan fingerprint density at radius 1 is 1.10 bits per heavy atom. The maximum Gasteiger partial charge on any atom is 0.209 e. The smallest absolute Gasteiger partial charge is 0.209 e. The van der Waals surface area contributed by atoms with Gasteiger partial charge in [-0.1, -0.05) is 42.3 Å². The second-order valence-corrected chi connectivity index (χ2v) is 6.64. The maximum absolute atomic E-state index is 13.6. The Morgan fingerprint density at radius 3 is 2.66 bits per heavy atom. The van der Waals surface area contributed by atoms with Crippen LogP contribution in [0.2, 0.25) is 0 Å². The first-order valence-corrected chi connectivity index (χ1v) is 8.95. The number of nitrogen functional groups attached to an aromatic ring is 1. The van der Waals surface area contributed by atoms with Crippen molar-refractivity contribution in [1.82, 2.24) is 19.5 Å². The molecule has 0 aliphatic carbocycles. The number of fused-ring (bicyclic) bond motifs is 1. The van der Waals surface area contributed by atoms with E-state index in [-0.39, 0.29) is 17.5 Å². The molecule has 2 heterocycles. The van der Waals surface area contributed by atoms with Crippen LogP contribution in [0.15, 0.2) is 48.5 Å². The first-order chi connectivity index (χ1) is 13.9. The average Bonchev–Trinajstić information content (AvgIpc) is 3.04. The van der Waals surface area contributed by atoms with Gasteiger partial charge in [-0.05, 0) is 36.1 Å². The monoisotopic (exact) mass is 387 g/mol. The standard InChI is InChI=1S/C22H18FN5O/c1-13-6-3-4-9-16(13)17(29)10-11-18-25-20(24)19-22(26-18)28(2)21(27-19)14-7-5-8-15(23)12-14/h3-9,12,17,29H,1-2H3,(H2,24,25,26). The molecule has 1 unspecified atom stereocenters. The van der Waals surface area contributed by atoms with E-state index in [9.17, 15) is 9.50 Å². The lowest BCUT2D eigenvalue weighted by molar-refractivity contribution is 0.237. The molecular formula is C22H18FN5O. The van der Waals surface area contributed by atoms with Gasteiger partial charge in [-0.3, -0.25) is 0 Å². The molecule has 6 nitrogen and oxygen atoms in total. The highest BCUT2D eigenvalue weighted by Gasteiger charge is 2.16. The van der Waals surface area contributed by atoms with Crippen LogP contribution in [0.5, 0.6) is 0 Å². The number of imidazole rings is 1. The third kappa shape index (κ3) is 3.53. The van der Waals surface area contributed by atoms with Crippen LogP contribution in [0.1, 0.15) is 23.1 Å². The Labute approximate surface area is 166 Å². The average molecular weight is 387 g/mol. The van der Waals surface area contributed by atoms with Crippen molar-refractivity contribution in [2.24, 2.45) is 7.05 Å². The van der Waals surface area contributed by atoms with Crippen molar-refractivity contribution in [3.63, 3.8) is 0 Å². The van der Waals surface area contributed by atoms with Crippen LogP contribution < -0.4 is 5.73 Å². The van der Waals surface area contributed by atoms with Crippen molar-refractivity contribution in [2.75, 3.05) is 5.73 Å². The molecule has 2 aromatic heterocycles. The van der Waals surface area contributed by atoms with Crippen molar-refractivity contribution in [3.05, 3.63) is 71.3 Å². The second-order valence-electron chi connectivity index (χ2n) is 6.64. The molecule has 1 atom stereocenters. The Morgan fingerprint density at radius 2 is 1.90 bits per heavy atom.